The van der Waals surface area contributed by atoms with E-state index in [0.717, 1.165) is 25.3 Å². The maximum atomic E-state index is 13.1. The zero-order chi connectivity index (χ0) is 14.5. The van der Waals surface area contributed by atoms with Crippen LogP contribution in [0.4, 0.5) is 14.5 Å². The Labute approximate surface area is 122 Å². The number of fused-ring (bicyclic) bond motifs is 1. The molecule has 3 aliphatic rings. The SMILES string of the molecule is FC1(F)Oc2ccc(N3CCNC4(CCCC4)C3)cc2O1. The van der Waals surface area contributed by atoms with Crippen molar-refractivity contribution in [2.24, 2.45) is 0 Å². The van der Waals surface area contributed by atoms with Gasteiger partial charge in [-0.15, -0.1) is 8.78 Å². The predicted octanol–water partition coefficient (Wildman–Crippen LogP) is 2.73. The Bertz CT molecular complexity index is 559. The van der Waals surface area contributed by atoms with Crippen LogP contribution in [0.3, 0.4) is 0 Å². The highest BCUT2D eigenvalue weighted by Crippen LogP contribution is 2.43. The summed E-state index contributed by atoms with van der Waals surface area (Å²) in [7, 11) is 0. The van der Waals surface area contributed by atoms with E-state index in [0.29, 0.717) is 0 Å². The van der Waals surface area contributed by atoms with Gasteiger partial charge in [-0.25, -0.2) is 0 Å². The molecule has 0 aromatic heterocycles. The third-order valence-electron chi connectivity index (χ3n) is 4.69. The van der Waals surface area contributed by atoms with E-state index in [1.807, 2.05) is 6.07 Å². The quantitative estimate of drug-likeness (QED) is 0.864. The van der Waals surface area contributed by atoms with Gasteiger partial charge in [0.25, 0.3) is 0 Å². The molecule has 0 amide bonds. The number of halogens is 2. The second-order valence-electron chi connectivity index (χ2n) is 6.13. The molecule has 1 spiro atoms. The monoisotopic (exact) mass is 296 g/mol. The second-order valence-corrected chi connectivity index (χ2v) is 6.13. The van der Waals surface area contributed by atoms with Gasteiger partial charge in [0.15, 0.2) is 11.5 Å². The van der Waals surface area contributed by atoms with Crippen LogP contribution in [0.5, 0.6) is 11.5 Å². The van der Waals surface area contributed by atoms with Crippen molar-refractivity contribution in [1.82, 2.24) is 5.32 Å². The zero-order valence-electron chi connectivity index (χ0n) is 11.7. The lowest BCUT2D eigenvalue weighted by Gasteiger charge is -2.42. The first-order valence-electron chi connectivity index (χ1n) is 7.45. The highest BCUT2D eigenvalue weighted by Gasteiger charge is 2.44. The van der Waals surface area contributed by atoms with Gasteiger partial charge in [0.05, 0.1) is 0 Å². The fraction of sp³-hybridized carbons (Fsp3) is 0.600. The minimum atomic E-state index is -3.54. The summed E-state index contributed by atoms with van der Waals surface area (Å²) in [6, 6.07) is 5.05. The van der Waals surface area contributed by atoms with Gasteiger partial charge in [-0.1, -0.05) is 12.8 Å². The molecule has 114 valence electrons. The fourth-order valence-electron chi connectivity index (χ4n) is 3.70. The molecule has 4 rings (SSSR count). The van der Waals surface area contributed by atoms with Crippen LogP contribution in [0, 0.1) is 0 Å². The molecule has 1 aromatic carbocycles. The van der Waals surface area contributed by atoms with E-state index in [2.05, 4.69) is 19.7 Å². The van der Waals surface area contributed by atoms with Crippen LogP contribution in [0.25, 0.3) is 0 Å². The van der Waals surface area contributed by atoms with Crippen LogP contribution >= 0.6 is 0 Å². The maximum Gasteiger partial charge on any atom is 0.586 e. The van der Waals surface area contributed by atoms with Crippen molar-refractivity contribution in [3.63, 3.8) is 0 Å². The highest BCUT2D eigenvalue weighted by atomic mass is 19.3. The molecule has 21 heavy (non-hydrogen) atoms. The minimum absolute atomic E-state index is 0.106. The van der Waals surface area contributed by atoms with E-state index in [1.165, 1.54) is 25.7 Å². The number of alkyl halides is 2. The Morgan fingerprint density at radius 2 is 1.86 bits per heavy atom. The molecule has 2 heterocycles. The van der Waals surface area contributed by atoms with Crippen LogP contribution < -0.4 is 19.7 Å². The molecular formula is C15H18F2N2O2. The first kappa shape index (κ1) is 13.1. The first-order chi connectivity index (χ1) is 10.1. The van der Waals surface area contributed by atoms with Crippen LogP contribution in [0.1, 0.15) is 25.7 Å². The Hall–Kier alpha value is -1.56. The topological polar surface area (TPSA) is 33.7 Å². The van der Waals surface area contributed by atoms with E-state index >= 15 is 0 Å². The summed E-state index contributed by atoms with van der Waals surface area (Å²) in [5.41, 5.74) is 1.11. The molecule has 1 N–H and O–H groups in total. The lowest BCUT2D eigenvalue weighted by molar-refractivity contribution is -0.286. The number of benzene rings is 1. The van der Waals surface area contributed by atoms with Gasteiger partial charge in [0, 0.05) is 36.9 Å². The molecule has 6 heteroatoms. The average molecular weight is 296 g/mol. The Kier molecular flexibility index (Phi) is 2.79. The highest BCUT2D eigenvalue weighted by molar-refractivity contribution is 5.58. The molecule has 1 aliphatic carbocycles. The summed E-state index contributed by atoms with van der Waals surface area (Å²) in [6.45, 7) is 2.71. The number of hydrogen-bond donors (Lipinski definition) is 1. The van der Waals surface area contributed by atoms with Crippen LogP contribution in [0.2, 0.25) is 0 Å². The summed E-state index contributed by atoms with van der Waals surface area (Å²) in [6.07, 6.45) is 1.34. The van der Waals surface area contributed by atoms with E-state index in [4.69, 9.17) is 0 Å². The largest absolute Gasteiger partial charge is 0.586 e. The molecule has 0 bridgehead atoms. The van der Waals surface area contributed by atoms with Gasteiger partial charge < -0.3 is 19.7 Å². The summed E-state index contributed by atoms with van der Waals surface area (Å²) < 4.78 is 35.2. The van der Waals surface area contributed by atoms with Crippen LogP contribution in [-0.2, 0) is 0 Å². The molecule has 1 saturated carbocycles. The number of nitrogens with zero attached hydrogens (tertiary/aromatic N) is 1. The van der Waals surface area contributed by atoms with Gasteiger partial charge >= 0.3 is 6.29 Å². The van der Waals surface area contributed by atoms with Gasteiger partial charge in [0.1, 0.15) is 0 Å². The van der Waals surface area contributed by atoms with Crippen molar-refractivity contribution in [1.29, 1.82) is 0 Å². The Morgan fingerprint density at radius 3 is 2.67 bits per heavy atom. The van der Waals surface area contributed by atoms with E-state index in [1.54, 1.807) is 12.1 Å². The van der Waals surface area contributed by atoms with Crippen LogP contribution in [0.15, 0.2) is 18.2 Å². The van der Waals surface area contributed by atoms with Crippen molar-refractivity contribution >= 4 is 5.69 Å². The van der Waals surface area contributed by atoms with Crippen molar-refractivity contribution in [2.45, 2.75) is 37.5 Å². The Morgan fingerprint density at radius 1 is 1.10 bits per heavy atom. The van der Waals surface area contributed by atoms with Crippen molar-refractivity contribution < 1.29 is 18.3 Å². The van der Waals surface area contributed by atoms with Crippen molar-refractivity contribution in [3.8, 4) is 11.5 Å². The number of rotatable bonds is 1. The minimum Gasteiger partial charge on any atom is -0.395 e. The molecule has 1 saturated heterocycles. The lowest BCUT2D eigenvalue weighted by Crippen LogP contribution is -2.59. The van der Waals surface area contributed by atoms with Crippen molar-refractivity contribution in [2.75, 3.05) is 24.5 Å². The number of ether oxygens (including phenoxy) is 2. The van der Waals surface area contributed by atoms with Crippen LogP contribution in [-0.4, -0.2) is 31.5 Å². The standard InChI is InChI=1S/C15H18F2N2O2/c16-15(17)20-12-4-3-11(9-13(12)21-15)19-8-7-18-14(10-19)5-1-2-6-14/h3-4,9,18H,1-2,5-8,10H2. The molecule has 4 nitrogen and oxygen atoms in total. The van der Waals surface area contributed by atoms with Gasteiger partial charge in [-0.3, -0.25) is 0 Å². The maximum absolute atomic E-state index is 13.1. The van der Waals surface area contributed by atoms with Gasteiger partial charge in [0.2, 0.25) is 0 Å². The van der Waals surface area contributed by atoms with E-state index in [9.17, 15) is 8.78 Å². The number of anilines is 1. The van der Waals surface area contributed by atoms with Crippen molar-refractivity contribution in [3.05, 3.63) is 18.2 Å². The van der Waals surface area contributed by atoms with Gasteiger partial charge in [-0.05, 0) is 25.0 Å². The van der Waals surface area contributed by atoms with E-state index < -0.39 is 6.29 Å². The molecule has 1 aromatic rings. The molecule has 0 atom stereocenters. The fourth-order valence-corrected chi connectivity index (χ4v) is 3.70. The molecule has 0 unspecified atom stereocenters. The molecule has 0 radical (unpaired) electrons. The number of hydrogen-bond acceptors (Lipinski definition) is 4. The third-order valence-corrected chi connectivity index (χ3v) is 4.69. The molecule has 2 aliphatic heterocycles. The Balaban J connectivity index is 1.57. The summed E-state index contributed by atoms with van der Waals surface area (Å²) in [4.78, 5) is 2.25. The summed E-state index contributed by atoms with van der Waals surface area (Å²) in [5, 5.41) is 3.64. The summed E-state index contributed by atoms with van der Waals surface area (Å²) >= 11 is 0. The zero-order valence-corrected chi connectivity index (χ0v) is 11.7. The third kappa shape index (κ3) is 2.31. The van der Waals surface area contributed by atoms with Gasteiger partial charge in [-0.2, -0.15) is 0 Å². The average Bonchev–Trinajstić information content (AvgIpc) is 3.00. The first-order valence-corrected chi connectivity index (χ1v) is 7.45. The molecule has 2 fully saturated rings. The molecular weight excluding hydrogens is 278 g/mol. The normalized spacial score (nSPS) is 25.5. The summed E-state index contributed by atoms with van der Waals surface area (Å²) in [5.74, 6) is 0.228. The lowest BCUT2D eigenvalue weighted by atomic mass is 9.94. The smallest absolute Gasteiger partial charge is 0.395 e. The van der Waals surface area contributed by atoms with E-state index in [-0.39, 0.29) is 17.0 Å². The number of nitrogens with one attached hydrogen (secondary N) is 1. The second kappa shape index (κ2) is 4.47. The number of piperazine rings is 1. The predicted molar refractivity (Wildman–Crippen MR) is 74.1 cm³/mol.